The molecule has 1 aromatic rings. The molecule has 0 bridgehead atoms. The molecule has 1 aliphatic rings. The number of hydrogen-bond acceptors (Lipinski definition) is 4. The first-order chi connectivity index (χ1) is 11.4. The van der Waals surface area contributed by atoms with Gasteiger partial charge in [-0.1, -0.05) is 36.8 Å². The number of hydrogen-bond donors (Lipinski definition) is 0. The van der Waals surface area contributed by atoms with Crippen LogP contribution in [0.5, 0.6) is 0 Å². The zero-order valence-corrected chi connectivity index (χ0v) is 15.1. The first kappa shape index (κ1) is 18.5. The first-order valence-electron chi connectivity index (χ1n) is 8.68. The van der Waals surface area contributed by atoms with Crippen molar-refractivity contribution >= 4 is 5.97 Å². The summed E-state index contributed by atoms with van der Waals surface area (Å²) in [5, 5.41) is 9.81. The van der Waals surface area contributed by atoms with Crippen LogP contribution in [0.2, 0.25) is 0 Å². The molecule has 1 aliphatic heterocycles. The van der Waals surface area contributed by atoms with E-state index in [9.17, 15) is 10.1 Å². The Hall–Kier alpha value is -1.86. The van der Waals surface area contributed by atoms with E-state index in [-0.39, 0.29) is 12.2 Å². The number of esters is 1. The minimum atomic E-state index is -0.824. The van der Waals surface area contributed by atoms with E-state index in [1.54, 1.807) is 6.92 Å². The highest BCUT2D eigenvalue weighted by Gasteiger charge is 2.51. The molecule has 1 aromatic carbocycles. The first-order valence-corrected chi connectivity index (χ1v) is 8.68. The van der Waals surface area contributed by atoms with Crippen LogP contribution in [0.1, 0.15) is 51.2 Å². The van der Waals surface area contributed by atoms with Crippen LogP contribution in [0.25, 0.3) is 0 Å². The maximum atomic E-state index is 12.5. The number of nitrogens with zero attached hydrogens (tertiary/aromatic N) is 1. The summed E-state index contributed by atoms with van der Waals surface area (Å²) in [5.41, 5.74) is 1.27. The lowest BCUT2D eigenvalue weighted by Crippen LogP contribution is -2.51. The van der Waals surface area contributed by atoms with E-state index in [1.165, 1.54) is 0 Å². The Kier molecular flexibility index (Phi) is 5.66. The number of carbonyl (C=O) groups is 1. The molecular weight excluding hydrogens is 302 g/mol. The summed E-state index contributed by atoms with van der Waals surface area (Å²) in [6.45, 7) is 8.76. The molecule has 2 rings (SSSR count). The van der Waals surface area contributed by atoms with Crippen molar-refractivity contribution in [3.05, 3.63) is 35.4 Å². The van der Waals surface area contributed by atoms with Gasteiger partial charge in [0.2, 0.25) is 0 Å². The molecule has 0 spiro atoms. The van der Waals surface area contributed by atoms with Gasteiger partial charge in [0.25, 0.3) is 0 Å². The molecule has 24 heavy (non-hydrogen) atoms. The minimum Gasteiger partial charge on any atom is -0.465 e. The Morgan fingerprint density at radius 2 is 2.04 bits per heavy atom. The van der Waals surface area contributed by atoms with Crippen molar-refractivity contribution in [2.24, 2.45) is 5.92 Å². The second-order valence-electron chi connectivity index (χ2n) is 6.92. The number of aryl methyl sites for hydroxylation is 1. The number of benzene rings is 1. The Balaban J connectivity index is 2.54. The third-order valence-corrected chi connectivity index (χ3v) is 5.27. The Morgan fingerprint density at radius 3 is 2.58 bits per heavy atom. The van der Waals surface area contributed by atoms with Crippen LogP contribution in [0, 0.1) is 24.2 Å². The van der Waals surface area contributed by atoms with Gasteiger partial charge in [-0.2, -0.15) is 5.26 Å². The van der Waals surface area contributed by atoms with Crippen molar-refractivity contribution < 1.29 is 14.3 Å². The normalized spacial score (nSPS) is 28.0. The zero-order valence-electron chi connectivity index (χ0n) is 15.1. The van der Waals surface area contributed by atoms with Gasteiger partial charge in [-0.05, 0) is 45.6 Å². The van der Waals surface area contributed by atoms with E-state index in [0.717, 1.165) is 17.5 Å². The highest BCUT2D eigenvalue weighted by atomic mass is 16.5. The van der Waals surface area contributed by atoms with Crippen molar-refractivity contribution in [3.63, 3.8) is 0 Å². The Morgan fingerprint density at radius 1 is 1.38 bits per heavy atom. The lowest BCUT2D eigenvalue weighted by atomic mass is 9.61. The summed E-state index contributed by atoms with van der Waals surface area (Å²) < 4.78 is 11.2. The summed E-state index contributed by atoms with van der Waals surface area (Å²) in [5.74, 6) is -1.25. The second kappa shape index (κ2) is 7.36. The van der Waals surface area contributed by atoms with E-state index in [2.05, 4.69) is 19.9 Å². The number of carbonyl (C=O) groups excluding carboxylic acids is 1. The fourth-order valence-electron chi connectivity index (χ4n) is 3.69. The molecule has 0 saturated carbocycles. The van der Waals surface area contributed by atoms with Gasteiger partial charge in [0.05, 0.1) is 18.3 Å². The highest BCUT2D eigenvalue weighted by molar-refractivity contribution is 5.77. The molecule has 1 heterocycles. The zero-order chi connectivity index (χ0) is 17.8. The highest BCUT2D eigenvalue weighted by Crippen LogP contribution is 2.48. The Bertz CT molecular complexity index is 619. The van der Waals surface area contributed by atoms with Crippen molar-refractivity contribution in [2.75, 3.05) is 13.2 Å². The molecular formula is C20H27NO3. The van der Waals surface area contributed by atoms with Crippen LogP contribution in [0.4, 0.5) is 0 Å². The van der Waals surface area contributed by atoms with Crippen LogP contribution < -0.4 is 0 Å². The van der Waals surface area contributed by atoms with Gasteiger partial charge in [0, 0.05) is 12.0 Å². The van der Waals surface area contributed by atoms with E-state index in [1.807, 2.05) is 31.2 Å². The van der Waals surface area contributed by atoms with E-state index < -0.39 is 17.3 Å². The lowest BCUT2D eigenvalue weighted by Gasteiger charge is -2.48. The molecule has 3 atom stereocenters. The summed E-state index contributed by atoms with van der Waals surface area (Å²) in [4.78, 5) is 12.5. The molecule has 0 radical (unpaired) electrons. The van der Waals surface area contributed by atoms with Crippen LogP contribution in [0.15, 0.2) is 24.3 Å². The van der Waals surface area contributed by atoms with Gasteiger partial charge in [-0.25, -0.2) is 0 Å². The monoisotopic (exact) mass is 329 g/mol. The van der Waals surface area contributed by atoms with E-state index in [0.29, 0.717) is 19.4 Å². The molecule has 4 nitrogen and oxygen atoms in total. The van der Waals surface area contributed by atoms with Crippen LogP contribution in [-0.4, -0.2) is 24.8 Å². The van der Waals surface area contributed by atoms with Crippen molar-refractivity contribution in [1.29, 1.82) is 5.26 Å². The average molecular weight is 329 g/mol. The van der Waals surface area contributed by atoms with E-state index in [4.69, 9.17) is 9.47 Å². The van der Waals surface area contributed by atoms with Gasteiger partial charge >= 0.3 is 5.97 Å². The number of ether oxygens (including phenoxy) is 2. The topological polar surface area (TPSA) is 59.3 Å². The summed E-state index contributed by atoms with van der Waals surface area (Å²) >= 11 is 0. The molecule has 0 aliphatic carbocycles. The van der Waals surface area contributed by atoms with Gasteiger partial charge in [0.1, 0.15) is 0 Å². The largest absolute Gasteiger partial charge is 0.465 e. The SMILES string of the molecule is CCOC(=O)[C@H](C#N)[C@@]1(c2ccc(C)cc2)CCO[C@@](C)(CC)C1. The van der Waals surface area contributed by atoms with Crippen LogP contribution >= 0.6 is 0 Å². The summed E-state index contributed by atoms with van der Waals surface area (Å²) in [6.07, 6.45) is 2.11. The number of nitriles is 1. The minimum absolute atomic E-state index is 0.280. The van der Waals surface area contributed by atoms with Crippen molar-refractivity contribution in [2.45, 2.75) is 58.0 Å². The summed E-state index contributed by atoms with van der Waals surface area (Å²) in [7, 11) is 0. The molecule has 0 N–H and O–H groups in total. The van der Waals surface area contributed by atoms with Gasteiger partial charge in [-0.3, -0.25) is 4.79 Å². The van der Waals surface area contributed by atoms with Gasteiger partial charge in [0.15, 0.2) is 5.92 Å². The fraction of sp³-hybridized carbons (Fsp3) is 0.600. The average Bonchev–Trinajstić information content (AvgIpc) is 2.56. The molecule has 0 unspecified atom stereocenters. The molecule has 4 heteroatoms. The third-order valence-electron chi connectivity index (χ3n) is 5.27. The quantitative estimate of drug-likeness (QED) is 0.768. The molecule has 0 amide bonds. The van der Waals surface area contributed by atoms with Crippen molar-refractivity contribution in [1.82, 2.24) is 0 Å². The predicted molar refractivity (Wildman–Crippen MR) is 92.5 cm³/mol. The predicted octanol–water partition coefficient (Wildman–Crippen LogP) is 3.91. The molecule has 0 aromatic heterocycles. The van der Waals surface area contributed by atoms with Crippen LogP contribution in [0.3, 0.4) is 0 Å². The van der Waals surface area contributed by atoms with Crippen LogP contribution in [-0.2, 0) is 19.7 Å². The second-order valence-corrected chi connectivity index (χ2v) is 6.92. The Labute approximate surface area is 144 Å². The maximum Gasteiger partial charge on any atom is 0.324 e. The maximum absolute atomic E-state index is 12.5. The van der Waals surface area contributed by atoms with Crippen molar-refractivity contribution in [3.8, 4) is 6.07 Å². The standard InChI is InChI=1S/C20H27NO3/c1-5-19(4)14-20(11-12-24-19,16-9-7-15(3)8-10-16)17(13-21)18(22)23-6-2/h7-10,17H,5-6,11-12,14H2,1-4H3/t17-,19-,20-/m0/s1. The molecule has 1 fully saturated rings. The van der Waals surface area contributed by atoms with Gasteiger partial charge in [-0.15, -0.1) is 0 Å². The van der Waals surface area contributed by atoms with Gasteiger partial charge < -0.3 is 9.47 Å². The number of rotatable bonds is 5. The van der Waals surface area contributed by atoms with E-state index >= 15 is 0 Å². The smallest absolute Gasteiger partial charge is 0.324 e. The summed E-state index contributed by atoms with van der Waals surface area (Å²) in [6, 6.07) is 10.4. The molecule has 1 saturated heterocycles. The third kappa shape index (κ3) is 3.47. The lowest BCUT2D eigenvalue weighted by molar-refractivity contribution is -0.154. The fourth-order valence-corrected chi connectivity index (χ4v) is 3.69. The molecule has 130 valence electrons.